The minimum atomic E-state index is -0.171. The second kappa shape index (κ2) is 15.1. The van der Waals surface area contributed by atoms with E-state index in [0.717, 1.165) is 56.4 Å². The van der Waals surface area contributed by atoms with Crippen molar-refractivity contribution in [2.75, 3.05) is 14.7 Å². The quantitative estimate of drug-likeness (QED) is 0.161. The maximum Gasteiger partial charge on any atom is 0.297 e. The normalized spacial score (nSPS) is 13.8. The number of rotatable bonds is 5. The molecule has 0 bridgehead atoms. The van der Waals surface area contributed by atoms with Crippen LogP contribution in [0.25, 0.3) is 11.0 Å². The minimum Gasteiger partial charge on any atom is -0.468 e. The van der Waals surface area contributed by atoms with E-state index in [1.54, 1.807) is 0 Å². The predicted octanol–water partition coefficient (Wildman–Crippen LogP) is 15.2. The van der Waals surface area contributed by atoms with Crippen molar-refractivity contribution in [1.29, 1.82) is 0 Å². The van der Waals surface area contributed by atoms with Gasteiger partial charge in [0.1, 0.15) is 5.58 Å². The molecular weight excluding hydrogens is 789 g/mol. The summed E-state index contributed by atoms with van der Waals surface area (Å²) in [5, 5.41) is 1.14. The topological polar surface area (TPSA) is 22.9 Å². The molecule has 0 amide bonds. The van der Waals surface area contributed by atoms with Crippen LogP contribution in [-0.4, -0.2) is 6.71 Å². The molecule has 5 heteroatoms. The molecule has 0 atom stereocenters. The summed E-state index contributed by atoms with van der Waals surface area (Å²) < 4.78 is 7.33. The number of para-hydroxylation sites is 2. The van der Waals surface area contributed by atoms with Gasteiger partial charge in [0.25, 0.3) is 6.71 Å². The molecular formula is C60H62BN3O. The molecule has 2 aliphatic heterocycles. The minimum absolute atomic E-state index is 0.0153. The van der Waals surface area contributed by atoms with Gasteiger partial charge in [-0.25, -0.2) is 0 Å². The highest BCUT2D eigenvalue weighted by Gasteiger charge is 2.47. The molecule has 65 heavy (non-hydrogen) atoms. The summed E-state index contributed by atoms with van der Waals surface area (Å²) in [7, 11) is 0. The zero-order valence-electron chi connectivity index (χ0n) is 40.3. The number of hydrogen-bond donors (Lipinski definition) is 0. The molecule has 3 heterocycles. The van der Waals surface area contributed by atoms with Crippen molar-refractivity contribution in [3.05, 3.63) is 180 Å². The molecule has 0 radical (unpaired) electrons. The Kier molecular flexibility index (Phi) is 9.84. The van der Waals surface area contributed by atoms with E-state index in [2.05, 4.69) is 256 Å². The molecule has 0 saturated heterocycles. The van der Waals surface area contributed by atoms with Crippen LogP contribution in [0.2, 0.25) is 0 Å². The van der Waals surface area contributed by atoms with Gasteiger partial charge in [0.2, 0.25) is 0 Å². The zero-order valence-corrected chi connectivity index (χ0v) is 40.3. The Hall–Kier alpha value is -6.46. The zero-order chi connectivity index (χ0) is 45.8. The van der Waals surface area contributed by atoms with Crippen molar-refractivity contribution < 1.29 is 4.42 Å². The third-order valence-electron chi connectivity index (χ3n) is 13.6. The Morgan fingerprint density at radius 2 is 0.892 bits per heavy atom. The van der Waals surface area contributed by atoms with Crippen LogP contribution in [0.1, 0.15) is 105 Å². The van der Waals surface area contributed by atoms with Crippen LogP contribution in [0, 0.1) is 0 Å². The highest BCUT2D eigenvalue weighted by atomic mass is 16.3. The predicted molar refractivity (Wildman–Crippen MR) is 280 cm³/mol. The van der Waals surface area contributed by atoms with Gasteiger partial charge in [-0.3, -0.25) is 0 Å². The van der Waals surface area contributed by atoms with Crippen molar-refractivity contribution in [2.45, 2.75) is 105 Å². The van der Waals surface area contributed by atoms with E-state index in [0.29, 0.717) is 0 Å². The Morgan fingerprint density at radius 3 is 1.40 bits per heavy atom. The molecule has 8 aromatic rings. The van der Waals surface area contributed by atoms with Crippen LogP contribution >= 0.6 is 0 Å². The first kappa shape index (κ1) is 42.5. The van der Waals surface area contributed by atoms with E-state index >= 15 is 0 Å². The number of benzene rings is 7. The lowest BCUT2D eigenvalue weighted by molar-refractivity contribution is 0.589. The van der Waals surface area contributed by atoms with Gasteiger partial charge < -0.3 is 19.1 Å². The van der Waals surface area contributed by atoms with E-state index in [9.17, 15) is 0 Å². The van der Waals surface area contributed by atoms with Crippen LogP contribution in [-0.2, 0) is 21.7 Å². The van der Waals surface area contributed by atoms with E-state index in [4.69, 9.17) is 4.42 Å². The SMILES string of the molecule is CC(C)(C)c1ccc(N2c3cc(N(c4ccccc4)c4ccccc4)ccc3B3c4oc5ccc(C(C)(C)C)cc5c4N(c4ccc(C(C)(C)C)cc4)c4cc(C(C)(C)C)cc2c43)cc1. The van der Waals surface area contributed by atoms with Crippen LogP contribution < -0.4 is 31.3 Å². The molecule has 2 aliphatic rings. The molecule has 0 unspecified atom stereocenters. The van der Waals surface area contributed by atoms with E-state index in [1.807, 2.05) is 0 Å². The fraction of sp³-hybridized carbons (Fsp3) is 0.267. The Balaban J connectivity index is 1.32. The van der Waals surface area contributed by atoms with Crippen molar-refractivity contribution >= 4 is 85.5 Å². The lowest BCUT2D eigenvalue weighted by Crippen LogP contribution is -2.61. The molecule has 0 spiro atoms. The van der Waals surface area contributed by atoms with E-state index in [-0.39, 0.29) is 28.4 Å². The number of furan rings is 1. The summed E-state index contributed by atoms with van der Waals surface area (Å²) in [5.41, 5.74) is 19.5. The van der Waals surface area contributed by atoms with Crippen LogP contribution in [0.4, 0.5) is 51.2 Å². The van der Waals surface area contributed by atoms with Crippen molar-refractivity contribution in [1.82, 2.24) is 0 Å². The van der Waals surface area contributed by atoms with Gasteiger partial charge in [0.05, 0.1) is 11.3 Å². The van der Waals surface area contributed by atoms with E-state index < -0.39 is 0 Å². The second-order valence-electron chi connectivity index (χ2n) is 22.4. The first-order chi connectivity index (χ1) is 30.8. The van der Waals surface area contributed by atoms with Gasteiger partial charge in [-0.15, -0.1) is 0 Å². The lowest BCUT2D eigenvalue weighted by atomic mass is 9.35. The first-order valence-corrected chi connectivity index (χ1v) is 23.4. The maximum atomic E-state index is 7.33. The number of nitrogens with zero attached hydrogens (tertiary/aromatic N) is 3. The smallest absolute Gasteiger partial charge is 0.297 e. The lowest BCUT2D eigenvalue weighted by Gasteiger charge is -2.44. The third kappa shape index (κ3) is 7.34. The number of anilines is 9. The summed E-state index contributed by atoms with van der Waals surface area (Å²) in [6.07, 6.45) is 0. The Labute approximate surface area is 387 Å². The van der Waals surface area contributed by atoms with Crippen LogP contribution in [0.3, 0.4) is 0 Å². The molecule has 1 aromatic heterocycles. The van der Waals surface area contributed by atoms with Gasteiger partial charge in [-0.05, 0) is 140 Å². The van der Waals surface area contributed by atoms with E-state index in [1.165, 1.54) is 44.6 Å². The molecule has 7 aromatic carbocycles. The van der Waals surface area contributed by atoms with Gasteiger partial charge in [-0.2, -0.15) is 0 Å². The summed E-state index contributed by atoms with van der Waals surface area (Å²) in [6, 6.07) is 58.9. The first-order valence-electron chi connectivity index (χ1n) is 23.4. The average Bonchev–Trinajstić information content (AvgIpc) is 3.64. The molecule has 4 nitrogen and oxygen atoms in total. The standard InChI is InChI=1S/C60H62BN3O/c1-57(2,3)39-23-28-45(29-24-39)63-50-38-47(62(43-19-15-13-16-20-43)44-21-17-14-18-22-44)32-33-49(50)61-54-51(63)36-42(60(10,11)12)37-52(54)64(46-30-25-40(26-31-46)58(4,5)6)55-48-35-41(59(7,8)9)27-34-53(48)65-56(55)61/h13-38H,1-12H3. The Morgan fingerprint density at radius 1 is 0.415 bits per heavy atom. The second-order valence-corrected chi connectivity index (χ2v) is 22.4. The number of hydrogen-bond acceptors (Lipinski definition) is 4. The maximum absolute atomic E-state index is 7.33. The molecule has 0 fully saturated rings. The summed E-state index contributed by atoms with van der Waals surface area (Å²) in [6.45, 7) is 27.5. The molecule has 0 aliphatic carbocycles. The average molecular weight is 852 g/mol. The van der Waals surface area contributed by atoms with Crippen LogP contribution in [0.15, 0.2) is 162 Å². The van der Waals surface area contributed by atoms with Gasteiger partial charge in [-0.1, -0.05) is 156 Å². The molecule has 326 valence electrons. The third-order valence-corrected chi connectivity index (χ3v) is 13.6. The van der Waals surface area contributed by atoms with Crippen LogP contribution in [0.5, 0.6) is 0 Å². The molecule has 10 rings (SSSR count). The molecule has 0 saturated carbocycles. The monoisotopic (exact) mass is 851 g/mol. The highest BCUT2D eigenvalue weighted by Crippen LogP contribution is 2.50. The van der Waals surface area contributed by atoms with Gasteiger partial charge >= 0.3 is 0 Å². The van der Waals surface area contributed by atoms with Crippen molar-refractivity contribution in [3.8, 4) is 0 Å². The van der Waals surface area contributed by atoms with Gasteiger partial charge in [0, 0.05) is 50.9 Å². The van der Waals surface area contributed by atoms with Crippen molar-refractivity contribution in [2.24, 2.45) is 0 Å². The molecule has 0 N–H and O–H groups in total. The fourth-order valence-corrected chi connectivity index (χ4v) is 9.87. The highest BCUT2D eigenvalue weighted by molar-refractivity contribution is 7.00. The Bertz CT molecular complexity index is 3030. The summed E-state index contributed by atoms with van der Waals surface area (Å²) >= 11 is 0. The summed E-state index contributed by atoms with van der Waals surface area (Å²) in [5.74, 6) is 0. The van der Waals surface area contributed by atoms with Gasteiger partial charge in [0.15, 0.2) is 0 Å². The summed E-state index contributed by atoms with van der Waals surface area (Å²) in [4.78, 5) is 7.44. The fourth-order valence-electron chi connectivity index (χ4n) is 9.87. The van der Waals surface area contributed by atoms with Crippen molar-refractivity contribution in [3.63, 3.8) is 0 Å². The largest absolute Gasteiger partial charge is 0.468 e. The number of fused-ring (bicyclic) bond motifs is 6.